The van der Waals surface area contributed by atoms with Crippen molar-refractivity contribution in [2.45, 2.75) is 6.61 Å². The summed E-state index contributed by atoms with van der Waals surface area (Å²) in [7, 11) is 1.28. The zero-order valence-corrected chi connectivity index (χ0v) is 12.4. The van der Waals surface area contributed by atoms with E-state index in [0.717, 1.165) is 20.3 Å². The van der Waals surface area contributed by atoms with Gasteiger partial charge < -0.3 is 15.2 Å². The highest BCUT2D eigenvalue weighted by Crippen LogP contribution is 2.29. The summed E-state index contributed by atoms with van der Waals surface area (Å²) in [6.07, 6.45) is 1.68. The molecule has 9 heteroatoms. The molecule has 0 aliphatic carbocycles. The second kappa shape index (κ2) is 5.63. The molecule has 0 saturated carbocycles. The molecule has 0 amide bonds. The zero-order valence-electron chi connectivity index (χ0n) is 9.18. The average molecular weight is 350 g/mol. The Kier molecular flexibility index (Phi) is 4.15. The van der Waals surface area contributed by atoms with Gasteiger partial charge in [0.25, 0.3) is 0 Å². The number of carbonyl (C=O) groups excluding carboxylic acids is 1. The lowest BCUT2D eigenvalue weighted by Gasteiger charge is -2.03. The molecule has 0 fully saturated rings. The quantitative estimate of drug-likeness (QED) is 0.852. The van der Waals surface area contributed by atoms with E-state index in [0.29, 0.717) is 0 Å². The molecule has 18 heavy (non-hydrogen) atoms. The number of rotatable bonds is 4. The van der Waals surface area contributed by atoms with Crippen LogP contribution in [0.5, 0.6) is 5.88 Å². The van der Waals surface area contributed by atoms with Crippen LogP contribution in [0.2, 0.25) is 0 Å². The minimum Gasteiger partial charge on any atom is -0.469 e. The second-order valence-electron chi connectivity index (χ2n) is 3.07. The van der Waals surface area contributed by atoms with Crippen molar-refractivity contribution in [3.8, 4) is 5.88 Å². The standard InChI is InChI=1S/C9H8BrN3O3S2/c1-15-9(14)6-7(11)18-13-8(6)16-3-5-12-2-4(10)17-5/h2H,3,11H2,1H3. The maximum absolute atomic E-state index is 11.5. The van der Waals surface area contributed by atoms with Crippen molar-refractivity contribution in [3.05, 3.63) is 20.6 Å². The van der Waals surface area contributed by atoms with Gasteiger partial charge in [0, 0.05) is 0 Å². The van der Waals surface area contributed by atoms with Gasteiger partial charge in [-0.1, -0.05) is 0 Å². The van der Waals surface area contributed by atoms with Crippen LogP contribution in [0, 0.1) is 0 Å². The molecule has 0 spiro atoms. The summed E-state index contributed by atoms with van der Waals surface area (Å²) < 4.78 is 14.9. The molecule has 2 aromatic rings. The van der Waals surface area contributed by atoms with Crippen molar-refractivity contribution in [1.29, 1.82) is 0 Å². The summed E-state index contributed by atoms with van der Waals surface area (Å²) in [5.74, 6) is -0.382. The van der Waals surface area contributed by atoms with Gasteiger partial charge >= 0.3 is 5.97 Å². The van der Waals surface area contributed by atoms with Gasteiger partial charge in [0.05, 0.1) is 17.1 Å². The highest BCUT2D eigenvalue weighted by Gasteiger charge is 2.21. The molecule has 2 heterocycles. The van der Waals surface area contributed by atoms with Gasteiger partial charge in [0.2, 0.25) is 5.88 Å². The van der Waals surface area contributed by atoms with Crippen LogP contribution in [0.3, 0.4) is 0 Å². The predicted octanol–water partition coefficient (Wildman–Crippen LogP) is 2.31. The van der Waals surface area contributed by atoms with E-state index < -0.39 is 5.97 Å². The minimum atomic E-state index is -0.559. The summed E-state index contributed by atoms with van der Waals surface area (Å²) in [6, 6.07) is 0. The molecule has 2 aromatic heterocycles. The van der Waals surface area contributed by atoms with Gasteiger partial charge in [-0.05, 0) is 27.5 Å². The van der Waals surface area contributed by atoms with Gasteiger partial charge in [-0.15, -0.1) is 11.3 Å². The van der Waals surface area contributed by atoms with E-state index >= 15 is 0 Å². The van der Waals surface area contributed by atoms with Crippen molar-refractivity contribution in [3.63, 3.8) is 0 Å². The molecular formula is C9H8BrN3O3S2. The lowest BCUT2D eigenvalue weighted by molar-refractivity contribution is 0.0597. The number of nitrogen functional groups attached to an aromatic ring is 1. The fraction of sp³-hybridized carbons (Fsp3) is 0.222. The first-order valence-corrected chi connectivity index (χ1v) is 7.06. The monoisotopic (exact) mass is 349 g/mol. The van der Waals surface area contributed by atoms with Crippen molar-refractivity contribution in [2.75, 3.05) is 12.8 Å². The van der Waals surface area contributed by atoms with Crippen LogP contribution in [-0.2, 0) is 11.3 Å². The Balaban J connectivity index is 2.12. The zero-order chi connectivity index (χ0) is 13.1. The number of thiazole rings is 1. The summed E-state index contributed by atoms with van der Waals surface area (Å²) in [5, 5.41) is 1.04. The van der Waals surface area contributed by atoms with Crippen LogP contribution in [0.1, 0.15) is 15.4 Å². The third-order valence-corrected chi connectivity index (χ3v) is 4.04. The molecule has 0 unspecified atom stereocenters. The number of carbonyl (C=O) groups is 1. The Labute approximate surface area is 119 Å². The highest BCUT2D eigenvalue weighted by molar-refractivity contribution is 9.11. The van der Waals surface area contributed by atoms with Crippen molar-refractivity contribution >= 4 is 49.8 Å². The summed E-state index contributed by atoms with van der Waals surface area (Å²) >= 11 is 5.74. The second-order valence-corrected chi connectivity index (χ2v) is 6.36. The number of methoxy groups -OCH3 is 1. The predicted molar refractivity (Wildman–Crippen MR) is 72.0 cm³/mol. The fourth-order valence-corrected chi connectivity index (χ4v) is 2.96. The number of hydrogen-bond donors (Lipinski definition) is 1. The van der Waals surface area contributed by atoms with E-state index in [1.54, 1.807) is 6.20 Å². The number of nitrogens with zero attached hydrogens (tertiary/aromatic N) is 2. The van der Waals surface area contributed by atoms with E-state index in [-0.39, 0.29) is 23.1 Å². The van der Waals surface area contributed by atoms with Crippen molar-refractivity contribution in [2.24, 2.45) is 0 Å². The Bertz CT molecular complexity index is 569. The fourth-order valence-electron chi connectivity index (χ4n) is 1.16. The van der Waals surface area contributed by atoms with Crippen LogP contribution >= 0.6 is 38.8 Å². The summed E-state index contributed by atoms with van der Waals surface area (Å²) in [4.78, 5) is 15.6. The molecule has 0 aromatic carbocycles. The Hall–Kier alpha value is -1.19. The molecule has 2 rings (SSSR count). The van der Waals surface area contributed by atoms with Gasteiger partial charge in [-0.3, -0.25) is 0 Å². The number of ether oxygens (including phenoxy) is 2. The van der Waals surface area contributed by atoms with E-state index in [9.17, 15) is 4.79 Å². The normalized spacial score (nSPS) is 10.3. The highest BCUT2D eigenvalue weighted by atomic mass is 79.9. The van der Waals surface area contributed by atoms with E-state index in [2.05, 4.69) is 30.0 Å². The lowest BCUT2D eigenvalue weighted by atomic mass is 10.3. The Morgan fingerprint density at radius 1 is 1.61 bits per heavy atom. The first kappa shape index (κ1) is 13.2. The largest absolute Gasteiger partial charge is 0.469 e. The maximum atomic E-state index is 11.5. The topological polar surface area (TPSA) is 87.3 Å². The number of anilines is 1. The molecule has 6 nitrogen and oxygen atoms in total. The molecule has 0 bridgehead atoms. The first-order valence-electron chi connectivity index (χ1n) is 4.68. The minimum absolute atomic E-state index is 0.165. The van der Waals surface area contributed by atoms with Crippen LogP contribution in [-0.4, -0.2) is 22.4 Å². The van der Waals surface area contributed by atoms with Gasteiger partial charge in [0.15, 0.2) is 5.56 Å². The van der Waals surface area contributed by atoms with Crippen molar-refractivity contribution < 1.29 is 14.3 Å². The molecular weight excluding hydrogens is 342 g/mol. The van der Waals surface area contributed by atoms with Gasteiger partial charge in [-0.25, -0.2) is 9.78 Å². The van der Waals surface area contributed by atoms with Crippen LogP contribution in [0.15, 0.2) is 9.98 Å². The van der Waals surface area contributed by atoms with E-state index in [1.807, 2.05) is 0 Å². The van der Waals surface area contributed by atoms with E-state index in [1.165, 1.54) is 18.4 Å². The number of aromatic nitrogens is 2. The van der Waals surface area contributed by atoms with Crippen LogP contribution < -0.4 is 10.5 Å². The van der Waals surface area contributed by atoms with Crippen LogP contribution in [0.25, 0.3) is 0 Å². The number of hydrogen-bond acceptors (Lipinski definition) is 8. The molecule has 96 valence electrons. The molecule has 0 saturated heterocycles. The Morgan fingerprint density at radius 3 is 3.00 bits per heavy atom. The average Bonchev–Trinajstić information content (AvgIpc) is 2.92. The Morgan fingerprint density at radius 2 is 2.39 bits per heavy atom. The molecule has 0 aliphatic rings. The lowest BCUT2D eigenvalue weighted by Crippen LogP contribution is -2.06. The molecule has 2 N–H and O–H groups in total. The van der Waals surface area contributed by atoms with Crippen LogP contribution in [0.4, 0.5) is 5.00 Å². The molecule has 0 aliphatic heterocycles. The van der Waals surface area contributed by atoms with Gasteiger partial charge in [0.1, 0.15) is 16.6 Å². The van der Waals surface area contributed by atoms with E-state index in [4.69, 9.17) is 10.5 Å². The third kappa shape index (κ3) is 2.79. The third-order valence-electron chi connectivity index (χ3n) is 1.93. The summed E-state index contributed by atoms with van der Waals surface area (Å²) in [6.45, 7) is 0.226. The van der Waals surface area contributed by atoms with Crippen molar-refractivity contribution in [1.82, 2.24) is 9.36 Å². The smallest absolute Gasteiger partial charge is 0.346 e. The molecule has 0 atom stereocenters. The summed E-state index contributed by atoms with van der Waals surface area (Å²) in [5.41, 5.74) is 5.81. The number of esters is 1. The maximum Gasteiger partial charge on any atom is 0.346 e. The first-order chi connectivity index (χ1) is 8.61. The number of halogens is 1. The number of nitrogens with two attached hydrogens (primary N) is 1. The van der Waals surface area contributed by atoms with Gasteiger partial charge in [-0.2, -0.15) is 4.37 Å². The molecule has 0 radical (unpaired) electrons. The SMILES string of the molecule is COC(=O)c1c(OCc2ncc(Br)s2)nsc1N.